The van der Waals surface area contributed by atoms with Crippen LogP contribution in [0.2, 0.25) is 0 Å². The van der Waals surface area contributed by atoms with E-state index in [0.29, 0.717) is 0 Å². The van der Waals surface area contributed by atoms with Gasteiger partial charge in [0.2, 0.25) is 0 Å². The van der Waals surface area contributed by atoms with E-state index in [9.17, 15) is 0 Å². The molecule has 2 aromatic heterocycles. The average Bonchev–Trinajstić information content (AvgIpc) is 3.78. The van der Waals surface area contributed by atoms with Crippen molar-refractivity contribution >= 4 is 49.4 Å². The highest BCUT2D eigenvalue weighted by Gasteiger charge is 2.38. The van der Waals surface area contributed by atoms with Crippen molar-refractivity contribution in [3.8, 4) is 27.9 Å². The Morgan fingerprint density at radius 3 is 2.04 bits per heavy atom. The van der Waals surface area contributed by atoms with Gasteiger partial charge in [-0.2, -0.15) is 0 Å². The predicted molar refractivity (Wildman–Crippen MR) is 199 cm³/mol. The van der Waals surface area contributed by atoms with E-state index in [1.165, 1.54) is 82.8 Å². The lowest BCUT2D eigenvalue weighted by atomic mass is 9.93. The Bertz CT molecular complexity index is 2720. The van der Waals surface area contributed by atoms with Crippen molar-refractivity contribution in [2.75, 3.05) is 0 Å². The second-order valence-electron chi connectivity index (χ2n) is 13.2. The van der Waals surface area contributed by atoms with Gasteiger partial charge >= 0.3 is 0 Å². The zero-order chi connectivity index (χ0) is 31.3. The highest BCUT2D eigenvalue weighted by molar-refractivity contribution is 6.22. The van der Waals surface area contributed by atoms with Crippen LogP contribution in [0.1, 0.15) is 18.0 Å². The molecule has 0 saturated heterocycles. The molecule has 1 aliphatic carbocycles. The van der Waals surface area contributed by atoms with Gasteiger partial charge in [0.1, 0.15) is 11.9 Å². The van der Waals surface area contributed by atoms with E-state index in [0.717, 1.165) is 12.3 Å². The molecule has 4 nitrogen and oxygen atoms in total. The van der Waals surface area contributed by atoms with Crippen molar-refractivity contribution in [3.63, 3.8) is 0 Å². The molecule has 8 aromatic rings. The molecule has 226 valence electrons. The zero-order valence-corrected chi connectivity index (χ0v) is 26.1. The number of rotatable bonds is 3. The first-order chi connectivity index (χ1) is 23.8. The quantitative estimate of drug-likeness (QED) is 0.211. The molecule has 1 N–H and O–H groups in total. The molecule has 48 heavy (non-hydrogen) atoms. The summed E-state index contributed by atoms with van der Waals surface area (Å²) in [6, 6.07) is 49.1. The van der Waals surface area contributed by atoms with Crippen LogP contribution in [0.15, 0.2) is 162 Å². The standard InChI is InChI=1S/C44H30N4/c1-3-11-27(12-4-1)30-25-35-34-24-29(20-22-41(34)48-43(35)36(26-30)42-44(48)46-38-17-9-8-16-37(38)45-42)28-19-21-40-33(23-28)32-15-7-10-18-39(32)47(40)31-13-5-2-6-14-31/h1-16,18-26,38,42,45H,17H2. The van der Waals surface area contributed by atoms with Crippen LogP contribution in [0.25, 0.3) is 71.6 Å². The summed E-state index contributed by atoms with van der Waals surface area (Å²) in [6.45, 7) is 0. The summed E-state index contributed by atoms with van der Waals surface area (Å²) in [5.41, 5.74) is 13.5. The van der Waals surface area contributed by atoms with E-state index in [1.54, 1.807) is 0 Å². The number of aromatic nitrogens is 2. The Morgan fingerprint density at radius 2 is 1.23 bits per heavy atom. The van der Waals surface area contributed by atoms with Crippen molar-refractivity contribution in [2.24, 2.45) is 4.99 Å². The average molecular weight is 615 g/mol. The highest BCUT2D eigenvalue weighted by atomic mass is 15.2. The fourth-order valence-electron chi connectivity index (χ4n) is 8.37. The zero-order valence-electron chi connectivity index (χ0n) is 26.1. The SMILES string of the molecule is C1=CCC2N=C3C(NC2=C1)c1cc(-c2ccccc2)cc2c4cc(-c5ccc6c(c5)c5ccccc5n6-c5ccccc5)ccc4n3c12. The second-order valence-corrected chi connectivity index (χ2v) is 13.2. The molecule has 0 saturated carbocycles. The van der Waals surface area contributed by atoms with Gasteiger partial charge in [0.15, 0.2) is 0 Å². The number of nitrogens with one attached hydrogen (secondary N) is 1. The van der Waals surface area contributed by atoms with Gasteiger partial charge in [0.05, 0.1) is 28.1 Å². The summed E-state index contributed by atoms with van der Waals surface area (Å²) >= 11 is 0. The first kappa shape index (κ1) is 26.0. The molecule has 0 fully saturated rings. The Labute approximate surface area is 277 Å². The molecule has 4 heteroatoms. The number of fused-ring (bicyclic) bond motifs is 10. The van der Waals surface area contributed by atoms with Gasteiger partial charge < -0.3 is 9.88 Å². The topological polar surface area (TPSA) is 34.2 Å². The van der Waals surface area contributed by atoms with Crippen LogP contribution in [0.5, 0.6) is 0 Å². The molecule has 0 radical (unpaired) electrons. The Kier molecular flexibility index (Phi) is 5.25. The molecular formula is C44H30N4. The molecule has 0 amide bonds. The second kappa shape index (κ2) is 9.69. The van der Waals surface area contributed by atoms with E-state index in [4.69, 9.17) is 4.99 Å². The number of allylic oxidation sites excluding steroid dienone is 2. The molecule has 6 aromatic carbocycles. The summed E-state index contributed by atoms with van der Waals surface area (Å²) in [6.07, 6.45) is 7.49. The number of aliphatic imine (C=N–C) groups is 1. The number of hydrogen-bond acceptors (Lipinski definition) is 2. The van der Waals surface area contributed by atoms with E-state index in [1.807, 2.05) is 0 Å². The third-order valence-corrected chi connectivity index (χ3v) is 10.5. The summed E-state index contributed by atoms with van der Waals surface area (Å²) in [7, 11) is 0. The lowest BCUT2D eigenvalue weighted by Gasteiger charge is -2.30. The molecule has 11 rings (SSSR count). The molecule has 4 heterocycles. The van der Waals surface area contributed by atoms with Crippen molar-refractivity contribution in [3.05, 3.63) is 163 Å². The minimum absolute atomic E-state index is 0.0357. The lowest BCUT2D eigenvalue weighted by Crippen LogP contribution is -2.38. The Balaban J connectivity index is 1.14. The first-order valence-electron chi connectivity index (χ1n) is 16.8. The molecule has 2 atom stereocenters. The molecule has 0 spiro atoms. The lowest BCUT2D eigenvalue weighted by molar-refractivity contribution is 0.605. The summed E-state index contributed by atoms with van der Waals surface area (Å²) in [4.78, 5) is 5.40. The normalized spacial score (nSPS) is 17.8. The van der Waals surface area contributed by atoms with Crippen LogP contribution in [0.3, 0.4) is 0 Å². The van der Waals surface area contributed by atoms with Gasteiger partial charge in [-0.15, -0.1) is 0 Å². The largest absolute Gasteiger partial charge is 0.373 e. The fourth-order valence-corrected chi connectivity index (χ4v) is 8.37. The van der Waals surface area contributed by atoms with Gasteiger partial charge in [-0.3, -0.25) is 9.56 Å². The molecule has 3 aliphatic rings. The maximum atomic E-state index is 5.40. The van der Waals surface area contributed by atoms with Gasteiger partial charge in [-0.1, -0.05) is 91.0 Å². The van der Waals surface area contributed by atoms with Crippen molar-refractivity contribution < 1.29 is 0 Å². The Hall–Kier alpha value is -6.13. The van der Waals surface area contributed by atoms with E-state index < -0.39 is 0 Å². The number of nitrogens with zero attached hydrogens (tertiary/aromatic N) is 3. The fraction of sp³-hybridized carbons (Fsp3) is 0.0682. The van der Waals surface area contributed by atoms with Crippen LogP contribution in [-0.4, -0.2) is 21.0 Å². The maximum absolute atomic E-state index is 5.40. The van der Waals surface area contributed by atoms with Crippen LogP contribution in [0, 0.1) is 0 Å². The highest BCUT2D eigenvalue weighted by Crippen LogP contribution is 2.46. The minimum Gasteiger partial charge on any atom is -0.373 e. The molecular weight excluding hydrogens is 585 g/mol. The van der Waals surface area contributed by atoms with Gasteiger partial charge in [0.25, 0.3) is 0 Å². The van der Waals surface area contributed by atoms with Gasteiger partial charge in [-0.25, -0.2) is 0 Å². The van der Waals surface area contributed by atoms with Crippen molar-refractivity contribution in [1.82, 2.24) is 14.5 Å². The van der Waals surface area contributed by atoms with Crippen LogP contribution in [-0.2, 0) is 0 Å². The number of para-hydroxylation sites is 2. The van der Waals surface area contributed by atoms with E-state index in [2.05, 4.69) is 166 Å². The van der Waals surface area contributed by atoms with Crippen molar-refractivity contribution in [2.45, 2.75) is 18.5 Å². The van der Waals surface area contributed by atoms with E-state index >= 15 is 0 Å². The van der Waals surface area contributed by atoms with Gasteiger partial charge in [0, 0.05) is 38.5 Å². The first-order valence-corrected chi connectivity index (χ1v) is 16.8. The van der Waals surface area contributed by atoms with Crippen molar-refractivity contribution in [1.29, 1.82) is 0 Å². The number of benzene rings is 6. The summed E-state index contributed by atoms with van der Waals surface area (Å²) in [5, 5.41) is 8.96. The van der Waals surface area contributed by atoms with Crippen LogP contribution < -0.4 is 5.32 Å². The van der Waals surface area contributed by atoms with E-state index in [-0.39, 0.29) is 12.1 Å². The van der Waals surface area contributed by atoms with Crippen LogP contribution >= 0.6 is 0 Å². The third-order valence-electron chi connectivity index (χ3n) is 10.5. The van der Waals surface area contributed by atoms with Gasteiger partial charge in [-0.05, 0) is 89.3 Å². The third kappa shape index (κ3) is 3.57. The summed E-state index contributed by atoms with van der Waals surface area (Å²) < 4.78 is 4.81. The van der Waals surface area contributed by atoms with Crippen LogP contribution in [0.4, 0.5) is 0 Å². The Morgan fingerprint density at radius 1 is 0.562 bits per heavy atom. The molecule has 0 bridgehead atoms. The molecule has 2 aliphatic heterocycles. The summed E-state index contributed by atoms with van der Waals surface area (Å²) in [5.74, 6) is 1.11. The number of hydrogen-bond donors (Lipinski definition) is 1. The smallest absolute Gasteiger partial charge is 0.136 e. The maximum Gasteiger partial charge on any atom is 0.136 e. The molecule has 2 unspecified atom stereocenters. The predicted octanol–water partition coefficient (Wildman–Crippen LogP) is 10.3. The minimum atomic E-state index is 0.0357. The monoisotopic (exact) mass is 614 g/mol.